The average molecular weight is 350 g/mol. The maximum absolute atomic E-state index is 9.46. The molecule has 0 saturated carbocycles. The third-order valence-electron chi connectivity index (χ3n) is 4.64. The summed E-state index contributed by atoms with van der Waals surface area (Å²) in [5.74, 6) is 1.87. The average Bonchev–Trinajstić information content (AvgIpc) is 2.58. The molecule has 5 heteroatoms. The lowest BCUT2D eigenvalue weighted by molar-refractivity contribution is 0.228. The van der Waals surface area contributed by atoms with Gasteiger partial charge in [-0.25, -0.2) is 0 Å². The zero-order valence-electron chi connectivity index (χ0n) is 14.3. The van der Waals surface area contributed by atoms with E-state index in [1.54, 1.807) is 26.4 Å². The van der Waals surface area contributed by atoms with Crippen molar-refractivity contribution in [2.45, 2.75) is 18.9 Å². The highest BCUT2D eigenvalue weighted by Gasteiger charge is 2.27. The van der Waals surface area contributed by atoms with Crippen molar-refractivity contribution in [2.24, 2.45) is 0 Å². The molecule has 3 rings (SSSR count). The lowest BCUT2D eigenvalue weighted by Gasteiger charge is -2.35. The highest BCUT2D eigenvalue weighted by molar-refractivity contribution is 5.85. The van der Waals surface area contributed by atoms with E-state index in [4.69, 9.17) is 9.47 Å². The molecule has 1 aliphatic heterocycles. The van der Waals surface area contributed by atoms with Crippen LogP contribution in [0.3, 0.4) is 0 Å². The lowest BCUT2D eigenvalue weighted by atomic mass is 9.88. The van der Waals surface area contributed by atoms with E-state index in [0.29, 0.717) is 11.8 Å². The van der Waals surface area contributed by atoms with Crippen molar-refractivity contribution in [3.8, 4) is 17.2 Å². The Hall–Kier alpha value is -1.91. The maximum Gasteiger partial charge on any atom is 0.161 e. The van der Waals surface area contributed by atoms with Crippen molar-refractivity contribution < 1.29 is 14.6 Å². The van der Waals surface area contributed by atoms with Crippen LogP contribution in [0.4, 0.5) is 0 Å². The topological polar surface area (TPSA) is 41.9 Å². The van der Waals surface area contributed by atoms with Gasteiger partial charge in [0.05, 0.1) is 14.2 Å². The molecule has 4 nitrogen and oxygen atoms in total. The second kappa shape index (κ2) is 7.77. The predicted octanol–water partition coefficient (Wildman–Crippen LogP) is 3.60. The molecule has 130 valence electrons. The molecule has 2 aromatic carbocycles. The Balaban J connectivity index is 0.00000208. The molecule has 0 unspecified atom stereocenters. The van der Waals surface area contributed by atoms with Gasteiger partial charge in [0.1, 0.15) is 5.75 Å². The molecule has 0 fully saturated rings. The number of methoxy groups -OCH3 is 2. The monoisotopic (exact) mass is 349 g/mol. The minimum atomic E-state index is 0. The molecular weight excluding hydrogens is 326 g/mol. The van der Waals surface area contributed by atoms with Crippen LogP contribution in [0.15, 0.2) is 36.4 Å². The molecule has 0 spiro atoms. The first-order chi connectivity index (χ1) is 11.1. The minimum absolute atomic E-state index is 0. The number of benzene rings is 2. The number of halogens is 1. The molecule has 1 heterocycles. The standard InChI is InChI=1S/C19H23NO3.ClH/c1-20-9-8-14-11-18(22-2)19(23-3)12-16(14)17(20)10-13-4-6-15(21)7-5-13;/h4-7,11-12,17,21H,8-10H2,1-3H3;1H/t17-;/m1./s1. The van der Waals surface area contributed by atoms with Gasteiger partial charge < -0.3 is 14.6 Å². The Morgan fingerprint density at radius 2 is 1.71 bits per heavy atom. The lowest BCUT2D eigenvalue weighted by Crippen LogP contribution is -2.33. The first-order valence-corrected chi connectivity index (χ1v) is 7.85. The predicted molar refractivity (Wildman–Crippen MR) is 97.7 cm³/mol. The maximum atomic E-state index is 9.46. The molecule has 0 aromatic heterocycles. The van der Waals surface area contributed by atoms with E-state index in [2.05, 4.69) is 24.1 Å². The van der Waals surface area contributed by atoms with Crippen LogP contribution in [0.25, 0.3) is 0 Å². The summed E-state index contributed by atoms with van der Waals surface area (Å²) in [5, 5.41) is 9.46. The number of phenolic OH excluding ortho intramolecular Hbond substituents is 1. The third-order valence-corrected chi connectivity index (χ3v) is 4.64. The summed E-state index contributed by atoms with van der Waals surface area (Å²) < 4.78 is 10.9. The van der Waals surface area contributed by atoms with Gasteiger partial charge in [0.25, 0.3) is 0 Å². The van der Waals surface area contributed by atoms with Crippen LogP contribution in [0.5, 0.6) is 17.2 Å². The quantitative estimate of drug-likeness (QED) is 0.915. The van der Waals surface area contributed by atoms with Crippen molar-refractivity contribution in [1.82, 2.24) is 4.90 Å². The third kappa shape index (κ3) is 3.60. The van der Waals surface area contributed by atoms with Gasteiger partial charge in [0.15, 0.2) is 11.5 Å². The SMILES string of the molecule is COc1cc2c(cc1OC)[C@@H](Cc1ccc(O)cc1)N(C)CC2.Cl. The van der Waals surface area contributed by atoms with E-state index in [1.165, 1.54) is 16.7 Å². The fourth-order valence-electron chi connectivity index (χ4n) is 3.27. The van der Waals surface area contributed by atoms with Gasteiger partial charge in [-0.2, -0.15) is 0 Å². The first kappa shape index (κ1) is 18.4. The zero-order valence-corrected chi connectivity index (χ0v) is 15.1. The number of fused-ring (bicyclic) bond motifs is 1. The van der Waals surface area contributed by atoms with Crippen LogP contribution in [0.2, 0.25) is 0 Å². The number of ether oxygens (including phenoxy) is 2. The van der Waals surface area contributed by atoms with Gasteiger partial charge in [-0.05, 0) is 60.8 Å². The van der Waals surface area contributed by atoms with Crippen molar-refractivity contribution in [2.75, 3.05) is 27.8 Å². The van der Waals surface area contributed by atoms with Crippen molar-refractivity contribution >= 4 is 12.4 Å². The zero-order chi connectivity index (χ0) is 16.4. The van der Waals surface area contributed by atoms with Crippen LogP contribution in [0, 0.1) is 0 Å². The van der Waals surface area contributed by atoms with E-state index in [0.717, 1.165) is 30.9 Å². The molecule has 1 atom stereocenters. The number of likely N-dealkylation sites (N-methyl/N-ethyl adjacent to an activating group) is 1. The van der Waals surface area contributed by atoms with Crippen LogP contribution < -0.4 is 9.47 Å². The summed E-state index contributed by atoms with van der Waals surface area (Å²) in [6.07, 6.45) is 1.91. The Bertz CT molecular complexity index is 688. The molecule has 1 aliphatic rings. The summed E-state index contributed by atoms with van der Waals surface area (Å²) in [7, 11) is 5.50. The second-order valence-electron chi connectivity index (χ2n) is 6.02. The number of nitrogens with zero attached hydrogens (tertiary/aromatic N) is 1. The molecule has 2 aromatic rings. The highest BCUT2D eigenvalue weighted by Crippen LogP contribution is 2.38. The summed E-state index contributed by atoms with van der Waals surface area (Å²) in [4.78, 5) is 2.38. The largest absolute Gasteiger partial charge is 0.508 e. The molecule has 0 saturated heterocycles. The van der Waals surface area contributed by atoms with Crippen LogP contribution in [-0.4, -0.2) is 37.8 Å². The van der Waals surface area contributed by atoms with Crippen LogP contribution in [0.1, 0.15) is 22.7 Å². The van der Waals surface area contributed by atoms with E-state index in [-0.39, 0.29) is 12.4 Å². The van der Waals surface area contributed by atoms with Crippen molar-refractivity contribution in [1.29, 1.82) is 0 Å². The van der Waals surface area contributed by atoms with E-state index in [9.17, 15) is 5.11 Å². The Morgan fingerprint density at radius 1 is 1.08 bits per heavy atom. The molecule has 0 aliphatic carbocycles. The van der Waals surface area contributed by atoms with Crippen LogP contribution in [-0.2, 0) is 12.8 Å². The number of hydrogen-bond acceptors (Lipinski definition) is 4. The van der Waals surface area contributed by atoms with Gasteiger partial charge >= 0.3 is 0 Å². The summed E-state index contributed by atoms with van der Waals surface area (Å²) >= 11 is 0. The highest BCUT2D eigenvalue weighted by atomic mass is 35.5. The van der Waals surface area contributed by atoms with Gasteiger partial charge in [0.2, 0.25) is 0 Å². The number of aromatic hydroxyl groups is 1. The van der Waals surface area contributed by atoms with Crippen molar-refractivity contribution in [3.05, 3.63) is 53.1 Å². The number of hydrogen-bond donors (Lipinski definition) is 1. The molecule has 0 amide bonds. The van der Waals surface area contributed by atoms with Gasteiger partial charge in [-0.15, -0.1) is 12.4 Å². The molecule has 24 heavy (non-hydrogen) atoms. The normalized spacial score (nSPS) is 16.9. The fraction of sp³-hybridized carbons (Fsp3) is 0.368. The Morgan fingerprint density at radius 3 is 2.33 bits per heavy atom. The second-order valence-corrected chi connectivity index (χ2v) is 6.02. The van der Waals surface area contributed by atoms with Gasteiger partial charge in [0, 0.05) is 12.6 Å². The molecule has 1 N–H and O–H groups in total. The summed E-state index contributed by atoms with van der Waals surface area (Å²) in [5.41, 5.74) is 3.83. The van der Waals surface area contributed by atoms with E-state index >= 15 is 0 Å². The Labute approximate surface area is 149 Å². The van der Waals surface area contributed by atoms with Crippen LogP contribution >= 0.6 is 12.4 Å². The molecule has 0 radical (unpaired) electrons. The number of rotatable bonds is 4. The minimum Gasteiger partial charge on any atom is -0.508 e. The smallest absolute Gasteiger partial charge is 0.161 e. The van der Waals surface area contributed by atoms with Gasteiger partial charge in [-0.3, -0.25) is 4.90 Å². The summed E-state index contributed by atoms with van der Waals surface area (Å²) in [6.45, 7) is 1.02. The fourth-order valence-corrected chi connectivity index (χ4v) is 3.27. The Kier molecular flexibility index (Phi) is 5.97. The van der Waals surface area contributed by atoms with E-state index in [1.807, 2.05) is 12.1 Å². The van der Waals surface area contributed by atoms with E-state index < -0.39 is 0 Å². The summed E-state index contributed by atoms with van der Waals surface area (Å²) in [6, 6.07) is 12.0. The first-order valence-electron chi connectivity index (χ1n) is 7.85. The molecule has 0 bridgehead atoms. The molecular formula is C19H24ClNO3. The number of phenols is 1. The van der Waals surface area contributed by atoms with Crippen molar-refractivity contribution in [3.63, 3.8) is 0 Å². The van der Waals surface area contributed by atoms with Gasteiger partial charge in [-0.1, -0.05) is 12.1 Å².